The number of hydrogen-bond acceptors (Lipinski definition) is 6. The molecule has 0 atom stereocenters. The zero-order valence-electron chi connectivity index (χ0n) is 15.3. The lowest BCUT2D eigenvalue weighted by Gasteiger charge is -2.12. The van der Waals surface area contributed by atoms with Gasteiger partial charge in [0, 0.05) is 16.7 Å². The van der Waals surface area contributed by atoms with Crippen molar-refractivity contribution in [1.82, 2.24) is 5.43 Å². The van der Waals surface area contributed by atoms with Crippen LogP contribution in [-0.2, 0) is 4.79 Å². The molecule has 0 radical (unpaired) electrons. The zero-order valence-corrected chi connectivity index (χ0v) is 17.6. The van der Waals surface area contributed by atoms with E-state index in [-0.39, 0.29) is 18.0 Å². The van der Waals surface area contributed by atoms with E-state index in [1.807, 2.05) is 13.8 Å². The fourth-order valence-electron chi connectivity index (χ4n) is 2.29. The SMILES string of the molecule is COc1ccc(/C=N/NC(=O)COc2cc(C)c(Cl)c(C)c2Br)cc1[N+](=O)[O-]. The molecule has 10 heteroatoms. The lowest BCUT2D eigenvalue weighted by molar-refractivity contribution is -0.385. The van der Waals surface area contributed by atoms with Gasteiger partial charge in [0.15, 0.2) is 12.4 Å². The Hall–Kier alpha value is -2.65. The summed E-state index contributed by atoms with van der Waals surface area (Å²) in [5.74, 6) is 0.138. The van der Waals surface area contributed by atoms with Gasteiger partial charge in [0.2, 0.25) is 0 Å². The molecule has 1 amide bonds. The average molecular weight is 471 g/mol. The van der Waals surface area contributed by atoms with E-state index in [4.69, 9.17) is 21.1 Å². The van der Waals surface area contributed by atoms with Crippen molar-refractivity contribution in [2.45, 2.75) is 13.8 Å². The summed E-state index contributed by atoms with van der Waals surface area (Å²) >= 11 is 9.55. The number of carbonyl (C=O) groups excluding carboxylic acids is 1. The topological polar surface area (TPSA) is 103 Å². The molecule has 0 heterocycles. The third kappa shape index (κ3) is 5.20. The van der Waals surface area contributed by atoms with Crippen molar-refractivity contribution in [3.05, 3.63) is 60.6 Å². The molecule has 0 saturated carbocycles. The first-order chi connectivity index (χ1) is 13.2. The van der Waals surface area contributed by atoms with Gasteiger partial charge in [-0.2, -0.15) is 5.10 Å². The minimum absolute atomic E-state index is 0.138. The summed E-state index contributed by atoms with van der Waals surface area (Å²) in [6, 6.07) is 6.05. The number of methoxy groups -OCH3 is 1. The Morgan fingerprint density at radius 3 is 2.71 bits per heavy atom. The number of ether oxygens (including phenoxy) is 2. The summed E-state index contributed by atoms with van der Waals surface area (Å²) in [7, 11) is 1.35. The molecule has 0 spiro atoms. The van der Waals surface area contributed by atoms with E-state index >= 15 is 0 Å². The van der Waals surface area contributed by atoms with E-state index in [2.05, 4.69) is 26.5 Å². The molecule has 148 valence electrons. The fraction of sp³-hybridized carbons (Fsp3) is 0.222. The summed E-state index contributed by atoms with van der Waals surface area (Å²) < 4.78 is 11.1. The number of nitrogens with zero attached hydrogens (tertiary/aromatic N) is 2. The molecule has 0 fully saturated rings. The van der Waals surface area contributed by atoms with Crippen molar-refractivity contribution < 1.29 is 19.2 Å². The third-order valence-corrected chi connectivity index (χ3v) is 5.30. The van der Waals surface area contributed by atoms with Gasteiger partial charge in [-0.1, -0.05) is 11.6 Å². The van der Waals surface area contributed by atoms with Crippen LogP contribution in [0.5, 0.6) is 11.5 Å². The minimum Gasteiger partial charge on any atom is -0.490 e. The van der Waals surface area contributed by atoms with E-state index in [1.54, 1.807) is 12.1 Å². The molecule has 0 saturated heterocycles. The second-order valence-corrected chi connectivity index (χ2v) is 6.89. The summed E-state index contributed by atoms with van der Waals surface area (Å²) in [5.41, 5.74) is 4.18. The van der Waals surface area contributed by atoms with Crippen LogP contribution in [-0.4, -0.2) is 30.8 Å². The van der Waals surface area contributed by atoms with Crippen LogP contribution >= 0.6 is 27.5 Å². The Morgan fingerprint density at radius 1 is 1.36 bits per heavy atom. The van der Waals surface area contributed by atoms with Crippen LogP contribution in [0, 0.1) is 24.0 Å². The first-order valence-corrected chi connectivity index (χ1v) is 9.14. The minimum atomic E-state index is -0.559. The maximum Gasteiger partial charge on any atom is 0.311 e. The van der Waals surface area contributed by atoms with Gasteiger partial charge in [0.05, 0.1) is 22.7 Å². The first-order valence-electron chi connectivity index (χ1n) is 7.97. The third-order valence-electron chi connectivity index (χ3n) is 3.73. The molecule has 2 aromatic rings. The second kappa shape index (κ2) is 9.52. The maximum absolute atomic E-state index is 11.9. The Morgan fingerprint density at radius 2 is 2.07 bits per heavy atom. The molecular formula is C18H17BrClN3O5. The van der Waals surface area contributed by atoms with Gasteiger partial charge >= 0.3 is 5.69 Å². The lowest BCUT2D eigenvalue weighted by Crippen LogP contribution is -2.24. The van der Waals surface area contributed by atoms with E-state index in [1.165, 1.54) is 25.5 Å². The number of nitro benzene ring substituents is 1. The Kier molecular flexibility index (Phi) is 7.36. The van der Waals surface area contributed by atoms with Crippen molar-refractivity contribution in [2.24, 2.45) is 5.10 Å². The van der Waals surface area contributed by atoms with E-state index in [9.17, 15) is 14.9 Å². The highest BCUT2D eigenvalue weighted by molar-refractivity contribution is 9.10. The molecule has 0 bridgehead atoms. The molecule has 0 aliphatic carbocycles. The van der Waals surface area contributed by atoms with Crippen LogP contribution in [0.25, 0.3) is 0 Å². The fourth-order valence-corrected chi connectivity index (χ4v) is 2.98. The molecule has 2 aromatic carbocycles. The number of rotatable bonds is 7. The van der Waals surface area contributed by atoms with Gasteiger partial charge in [-0.3, -0.25) is 14.9 Å². The standard InChI is InChI=1S/C18H17BrClN3O5/c1-10-6-15(17(19)11(2)18(10)20)28-9-16(24)22-21-8-12-4-5-14(27-3)13(7-12)23(25)26/h4-8H,9H2,1-3H3,(H,22,24)/b21-8+. The summed E-state index contributed by atoms with van der Waals surface area (Å²) in [4.78, 5) is 22.4. The highest BCUT2D eigenvalue weighted by Gasteiger charge is 2.15. The molecular weight excluding hydrogens is 454 g/mol. The summed E-state index contributed by atoms with van der Waals surface area (Å²) in [5, 5.41) is 15.4. The maximum atomic E-state index is 11.9. The Balaban J connectivity index is 1.98. The van der Waals surface area contributed by atoms with Crippen LogP contribution in [0.4, 0.5) is 5.69 Å². The second-order valence-electron chi connectivity index (χ2n) is 5.71. The number of benzene rings is 2. The number of hydrazone groups is 1. The van der Waals surface area contributed by atoms with Gasteiger partial charge in [0.25, 0.3) is 5.91 Å². The van der Waals surface area contributed by atoms with Gasteiger partial charge in [-0.25, -0.2) is 5.43 Å². The summed E-state index contributed by atoms with van der Waals surface area (Å²) in [6.45, 7) is 3.41. The molecule has 28 heavy (non-hydrogen) atoms. The van der Waals surface area contributed by atoms with Crippen molar-refractivity contribution in [1.29, 1.82) is 0 Å². The number of hydrogen-bond donors (Lipinski definition) is 1. The molecule has 0 aliphatic heterocycles. The average Bonchev–Trinajstić information content (AvgIpc) is 2.67. The van der Waals surface area contributed by atoms with E-state index < -0.39 is 10.8 Å². The van der Waals surface area contributed by atoms with Crippen LogP contribution < -0.4 is 14.9 Å². The van der Waals surface area contributed by atoms with Crippen molar-refractivity contribution >= 4 is 45.3 Å². The number of nitro groups is 1. The van der Waals surface area contributed by atoms with Crippen molar-refractivity contribution in [3.8, 4) is 11.5 Å². The van der Waals surface area contributed by atoms with Crippen molar-refractivity contribution in [3.63, 3.8) is 0 Å². The molecule has 1 N–H and O–H groups in total. The number of aryl methyl sites for hydroxylation is 1. The van der Waals surface area contributed by atoms with Crippen molar-refractivity contribution in [2.75, 3.05) is 13.7 Å². The van der Waals surface area contributed by atoms with Crippen LogP contribution in [0.1, 0.15) is 16.7 Å². The highest BCUT2D eigenvalue weighted by atomic mass is 79.9. The largest absolute Gasteiger partial charge is 0.490 e. The van der Waals surface area contributed by atoms with Gasteiger partial charge < -0.3 is 9.47 Å². The zero-order chi connectivity index (χ0) is 20.8. The van der Waals surface area contributed by atoms with Crippen LogP contribution in [0.15, 0.2) is 33.8 Å². The van der Waals surface area contributed by atoms with E-state index in [0.717, 1.165) is 11.1 Å². The molecule has 2 rings (SSSR count). The van der Waals surface area contributed by atoms with E-state index in [0.29, 0.717) is 20.8 Å². The van der Waals surface area contributed by atoms with Crippen LogP contribution in [0.3, 0.4) is 0 Å². The van der Waals surface area contributed by atoms with Gasteiger partial charge in [-0.05, 0) is 59.1 Å². The Labute approximate surface area is 174 Å². The normalized spacial score (nSPS) is 10.8. The van der Waals surface area contributed by atoms with Gasteiger partial charge in [-0.15, -0.1) is 0 Å². The van der Waals surface area contributed by atoms with Gasteiger partial charge in [0.1, 0.15) is 5.75 Å². The number of halogens is 2. The lowest BCUT2D eigenvalue weighted by atomic mass is 10.1. The molecule has 8 nitrogen and oxygen atoms in total. The number of amides is 1. The first kappa shape index (κ1) is 21.6. The molecule has 0 aliphatic rings. The smallest absolute Gasteiger partial charge is 0.311 e. The number of carbonyl (C=O) groups is 1. The molecule has 0 unspecified atom stereocenters. The highest BCUT2D eigenvalue weighted by Crippen LogP contribution is 2.35. The quantitative estimate of drug-likeness (QED) is 0.372. The predicted molar refractivity (Wildman–Crippen MR) is 110 cm³/mol. The Bertz CT molecular complexity index is 949. The monoisotopic (exact) mass is 469 g/mol. The van der Waals surface area contributed by atoms with Crippen LogP contribution in [0.2, 0.25) is 5.02 Å². The number of nitrogens with one attached hydrogen (secondary N) is 1. The molecule has 0 aromatic heterocycles. The predicted octanol–water partition coefficient (Wildman–Crippen LogP) is 4.17. The summed E-state index contributed by atoms with van der Waals surface area (Å²) in [6.07, 6.45) is 1.29.